The lowest BCUT2D eigenvalue weighted by molar-refractivity contribution is -0.122. The number of carbonyl (C=O) groups excluding carboxylic acids is 1. The second kappa shape index (κ2) is 7.88. The summed E-state index contributed by atoms with van der Waals surface area (Å²) in [5, 5.41) is 5.94. The summed E-state index contributed by atoms with van der Waals surface area (Å²) in [5.74, 6) is 0.249. The summed E-state index contributed by atoms with van der Waals surface area (Å²) in [5.41, 5.74) is 1.36. The van der Waals surface area contributed by atoms with Crippen LogP contribution >= 0.6 is 0 Å². The van der Waals surface area contributed by atoms with Gasteiger partial charge in [-0.05, 0) is 31.0 Å². The maximum absolute atomic E-state index is 13.6. The highest BCUT2D eigenvalue weighted by molar-refractivity contribution is 5.91. The molecule has 1 aliphatic heterocycles. The SMILES string of the molecule is O=C(Nc1ccc(NCc2ccccc2F)cn1)C1CCOCC1. The van der Waals surface area contributed by atoms with Crippen molar-refractivity contribution in [1.82, 2.24) is 4.98 Å². The molecule has 1 saturated heterocycles. The fraction of sp³-hybridized carbons (Fsp3) is 0.333. The molecule has 2 heterocycles. The maximum atomic E-state index is 13.6. The third-order valence-corrected chi connectivity index (χ3v) is 4.05. The standard InChI is InChI=1S/C18H20FN3O2/c19-16-4-2-1-3-14(16)11-20-15-5-6-17(21-12-15)22-18(23)13-7-9-24-10-8-13/h1-6,12-13,20H,7-11H2,(H,21,22,23). The van der Waals surface area contributed by atoms with E-state index in [1.807, 2.05) is 6.07 Å². The van der Waals surface area contributed by atoms with E-state index in [9.17, 15) is 9.18 Å². The van der Waals surface area contributed by atoms with Gasteiger partial charge in [-0.1, -0.05) is 18.2 Å². The first kappa shape index (κ1) is 16.4. The Morgan fingerprint density at radius 2 is 2.00 bits per heavy atom. The number of aromatic nitrogens is 1. The zero-order valence-corrected chi connectivity index (χ0v) is 13.3. The van der Waals surface area contributed by atoms with E-state index in [1.54, 1.807) is 30.5 Å². The third kappa shape index (κ3) is 4.29. The molecule has 6 heteroatoms. The Labute approximate surface area is 140 Å². The predicted octanol–water partition coefficient (Wildman–Crippen LogP) is 3.20. The minimum absolute atomic E-state index is 0.0144. The molecule has 1 aromatic carbocycles. The van der Waals surface area contributed by atoms with Crippen molar-refractivity contribution in [3.05, 3.63) is 54.0 Å². The molecule has 1 amide bonds. The van der Waals surface area contributed by atoms with Crippen LogP contribution in [0.25, 0.3) is 0 Å². The highest BCUT2D eigenvalue weighted by Gasteiger charge is 2.21. The second-order valence-electron chi connectivity index (χ2n) is 5.75. The highest BCUT2D eigenvalue weighted by atomic mass is 19.1. The minimum atomic E-state index is -0.238. The van der Waals surface area contributed by atoms with Crippen LogP contribution in [0, 0.1) is 11.7 Å². The molecule has 0 bridgehead atoms. The number of nitrogens with zero attached hydrogens (tertiary/aromatic N) is 1. The number of anilines is 2. The lowest BCUT2D eigenvalue weighted by atomic mass is 9.99. The van der Waals surface area contributed by atoms with Gasteiger partial charge in [0.25, 0.3) is 0 Å². The average Bonchev–Trinajstić information content (AvgIpc) is 2.63. The number of nitrogens with one attached hydrogen (secondary N) is 2. The Kier molecular flexibility index (Phi) is 5.38. The van der Waals surface area contributed by atoms with Gasteiger partial charge >= 0.3 is 0 Å². The van der Waals surface area contributed by atoms with Gasteiger partial charge in [0.1, 0.15) is 11.6 Å². The smallest absolute Gasteiger partial charge is 0.228 e. The Balaban J connectivity index is 1.53. The number of hydrogen-bond donors (Lipinski definition) is 2. The van der Waals surface area contributed by atoms with Crippen LogP contribution in [-0.2, 0) is 16.1 Å². The van der Waals surface area contributed by atoms with Gasteiger partial charge in [0.2, 0.25) is 5.91 Å². The van der Waals surface area contributed by atoms with Crippen molar-refractivity contribution in [1.29, 1.82) is 0 Å². The lowest BCUT2D eigenvalue weighted by Crippen LogP contribution is -2.28. The van der Waals surface area contributed by atoms with Crippen LogP contribution in [0.2, 0.25) is 0 Å². The fourth-order valence-electron chi connectivity index (χ4n) is 2.60. The number of hydrogen-bond acceptors (Lipinski definition) is 4. The van der Waals surface area contributed by atoms with E-state index in [1.165, 1.54) is 6.07 Å². The zero-order valence-electron chi connectivity index (χ0n) is 13.3. The van der Waals surface area contributed by atoms with Crippen molar-refractivity contribution in [2.75, 3.05) is 23.8 Å². The Bertz CT molecular complexity index is 685. The summed E-state index contributed by atoms with van der Waals surface area (Å²) in [7, 11) is 0. The summed E-state index contributed by atoms with van der Waals surface area (Å²) in [6, 6.07) is 10.2. The number of carbonyl (C=O) groups is 1. The molecule has 0 radical (unpaired) electrons. The first-order chi connectivity index (χ1) is 11.7. The van der Waals surface area contributed by atoms with E-state index in [0.29, 0.717) is 31.1 Å². The van der Waals surface area contributed by atoms with E-state index in [2.05, 4.69) is 15.6 Å². The van der Waals surface area contributed by atoms with E-state index < -0.39 is 0 Å². The molecule has 3 rings (SSSR count). The van der Waals surface area contributed by atoms with Crippen LogP contribution in [0.4, 0.5) is 15.9 Å². The molecular weight excluding hydrogens is 309 g/mol. The van der Waals surface area contributed by atoms with E-state index >= 15 is 0 Å². The van der Waals surface area contributed by atoms with E-state index in [4.69, 9.17) is 4.74 Å². The molecule has 2 aromatic rings. The molecule has 0 aliphatic carbocycles. The van der Waals surface area contributed by atoms with Crippen molar-refractivity contribution in [3.8, 4) is 0 Å². The fourth-order valence-corrected chi connectivity index (χ4v) is 2.60. The molecule has 24 heavy (non-hydrogen) atoms. The van der Waals surface area contributed by atoms with Gasteiger partial charge < -0.3 is 15.4 Å². The maximum Gasteiger partial charge on any atom is 0.228 e. The van der Waals surface area contributed by atoms with Gasteiger partial charge in [0.15, 0.2) is 0 Å². The molecule has 5 nitrogen and oxygen atoms in total. The summed E-state index contributed by atoms with van der Waals surface area (Å²) in [4.78, 5) is 16.4. The monoisotopic (exact) mass is 329 g/mol. The van der Waals surface area contributed by atoms with Crippen molar-refractivity contribution in [2.45, 2.75) is 19.4 Å². The number of rotatable bonds is 5. The van der Waals surface area contributed by atoms with Gasteiger partial charge in [-0.3, -0.25) is 4.79 Å². The quantitative estimate of drug-likeness (QED) is 0.884. The number of pyridine rings is 1. The number of benzene rings is 1. The van der Waals surface area contributed by atoms with Crippen LogP contribution in [0.3, 0.4) is 0 Å². The Morgan fingerprint density at radius 1 is 1.21 bits per heavy atom. The molecule has 1 aliphatic rings. The highest BCUT2D eigenvalue weighted by Crippen LogP contribution is 2.18. The molecule has 126 valence electrons. The Hall–Kier alpha value is -2.47. The average molecular weight is 329 g/mol. The first-order valence-electron chi connectivity index (χ1n) is 8.04. The van der Waals surface area contributed by atoms with Gasteiger partial charge in [-0.25, -0.2) is 9.37 Å². The van der Waals surface area contributed by atoms with Crippen LogP contribution < -0.4 is 10.6 Å². The van der Waals surface area contributed by atoms with Crippen LogP contribution in [-0.4, -0.2) is 24.1 Å². The molecule has 0 atom stereocenters. The topological polar surface area (TPSA) is 63.2 Å². The molecule has 2 N–H and O–H groups in total. The van der Waals surface area contributed by atoms with Crippen molar-refractivity contribution < 1.29 is 13.9 Å². The van der Waals surface area contributed by atoms with Crippen LogP contribution in [0.1, 0.15) is 18.4 Å². The van der Waals surface area contributed by atoms with Gasteiger partial charge in [-0.15, -0.1) is 0 Å². The number of halogens is 1. The second-order valence-corrected chi connectivity index (χ2v) is 5.75. The lowest BCUT2D eigenvalue weighted by Gasteiger charge is -2.20. The Morgan fingerprint density at radius 3 is 2.71 bits per heavy atom. The molecule has 0 saturated carbocycles. The third-order valence-electron chi connectivity index (χ3n) is 4.05. The number of ether oxygens (including phenoxy) is 1. The van der Waals surface area contributed by atoms with Crippen LogP contribution in [0.5, 0.6) is 0 Å². The summed E-state index contributed by atoms with van der Waals surface area (Å²) in [6.45, 7) is 1.64. The van der Waals surface area contributed by atoms with Crippen LogP contribution in [0.15, 0.2) is 42.6 Å². The van der Waals surface area contributed by atoms with Crippen molar-refractivity contribution in [3.63, 3.8) is 0 Å². The molecule has 0 unspecified atom stereocenters. The van der Waals surface area contributed by atoms with E-state index in [0.717, 1.165) is 18.5 Å². The minimum Gasteiger partial charge on any atom is -0.381 e. The summed E-state index contributed by atoms with van der Waals surface area (Å²) < 4.78 is 18.8. The normalized spacial score (nSPS) is 15.0. The van der Waals surface area contributed by atoms with Gasteiger partial charge in [-0.2, -0.15) is 0 Å². The molecular formula is C18H20FN3O2. The summed E-state index contributed by atoms with van der Waals surface area (Å²) >= 11 is 0. The molecule has 1 aromatic heterocycles. The predicted molar refractivity (Wildman–Crippen MR) is 90.1 cm³/mol. The number of amides is 1. The van der Waals surface area contributed by atoms with E-state index in [-0.39, 0.29) is 17.6 Å². The van der Waals surface area contributed by atoms with Gasteiger partial charge in [0, 0.05) is 31.2 Å². The molecule has 0 spiro atoms. The van der Waals surface area contributed by atoms with Gasteiger partial charge in [0.05, 0.1) is 11.9 Å². The summed E-state index contributed by atoms with van der Waals surface area (Å²) in [6.07, 6.45) is 3.11. The van der Waals surface area contributed by atoms with Crippen molar-refractivity contribution in [2.24, 2.45) is 5.92 Å². The first-order valence-corrected chi connectivity index (χ1v) is 8.04. The van der Waals surface area contributed by atoms with Crippen molar-refractivity contribution >= 4 is 17.4 Å². The zero-order chi connectivity index (χ0) is 16.8. The molecule has 1 fully saturated rings. The largest absolute Gasteiger partial charge is 0.381 e.